The Hall–Kier alpha value is -4.06. The molecule has 6 heteroatoms. The molecule has 3 aromatic carbocycles. The minimum absolute atomic E-state index is 0.386. The van der Waals surface area contributed by atoms with Crippen LogP contribution in [0.3, 0.4) is 0 Å². The maximum Gasteiger partial charge on any atom is 0.343 e. The first-order valence-electron chi connectivity index (χ1n) is 12.2. The lowest BCUT2D eigenvalue weighted by Gasteiger charge is -2.09. The molecular weight excluding hydrogens is 456 g/mol. The van der Waals surface area contributed by atoms with Crippen molar-refractivity contribution in [3.8, 4) is 28.4 Å². The van der Waals surface area contributed by atoms with E-state index < -0.39 is 5.97 Å². The largest absolute Gasteiger partial charge is 0.494 e. The number of unbranched alkanes of at least 4 members (excludes halogenated alkanes) is 3. The summed E-state index contributed by atoms with van der Waals surface area (Å²) in [7, 11) is 0. The zero-order valence-corrected chi connectivity index (χ0v) is 20.6. The molecule has 0 aliphatic rings. The van der Waals surface area contributed by atoms with Crippen LogP contribution < -0.4 is 14.2 Å². The molecule has 0 bridgehead atoms. The predicted octanol–water partition coefficient (Wildman–Crippen LogP) is 6.64. The molecule has 0 unspecified atom stereocenters. The SMILES string of the molecule is C=CC(=O)OCCCCCCOc1ccc(C(=O)Oc2ccc(-c3ccc(OCC)cc3)cc2)cc1. The topological polar surface area (TPSA) is 71.1 Å². The van der Waals surface area contributed by atoms with E-state index in [4.69, 9.17) is 18.9 Å². The summed E-state index contributed by atoms with van der Waals surface area (Å²) in [6, 6.07) is 22.2. The zero-order chi connectivity index (χ0) is 25.6. The normalized spacial score (nSPS) is 10.4. The van der Waals surface area contributed by atoms with Crippen molar-refractivity contribution in [1.29, 1.82) is 0 Å². The van der Waals surface area contributed by atoms with Crippen LogP contribution in [0, 0.1) is 0 Å². The molecule has 0 amide bonds. The highest BCUT2D eigenvalue weighted by atomic mass is 16.5. The van der Waals surface area contributed by atoms with E-state index in [0.29, 0.717) is 36.9 Å². The van der Waals surface area contributed by atoms with E-state index >= 15 is 0 Å². The highest BCUT2D eigenvalue weighted by Gasteiger charge is 2.09. The summed E-state index contributed by atoms with van der Waals surface area (Å²) in [5, 5.41) is 0. The molecule has 0 saturated heterocycles. The number of hydrogen-bond donors (Lipinski definition) is 0. The van der Waals surface area contributed by atoms with Gasteiger partial charge in [-0.1, -0.05) is 30.8 Å². The second kappa shape index (κ2) is 14.4. The second-order valence-corrected chi connectivity index (χ2v) is 8.03. The molecule has 0 atom stereocenters. The summed E-state index contributed by atoms with van der Waals surface area (Å²) in [4.78, 5) is 23.5. The van der Waals surface area contributed by atoms with Crippen molar-refractivity contribution in [2.45, 2.75) is 32.6 Å². The van der Waals surface area contributed by atoms with Crippen molar-refractivity contribution in [3.05, 3.63) is 91.0 Å². The Morgan fingerprint density at radius 3 is 1.81 bits per heavy atom. The smallest absolute Gasteiger partial charge is 0.343 e. The van der Waals surface area contributed by atoms with E-state index in [9.17, 15) is 9.59 Å². The summed E-state index contributed by atoms with van der Waals surface area (Å²) in [5.74, 6) is 1.21. The summed E-state index contributed by atoms with van der Waals surface area (Å²) in [6.07, 6.45) is 4.82. The summed E-state index contributed by atoms with van der Waals surface area (Å²) >= 11 is 0. The van der Waals surface area contributed by atoms with Gasteiger partial charge in [-0.2, -0.15) is 0 Å². The Kier molecular flexibility index (Phi) is 10.6. The number of carbonyl (C=O) groups excluding carboxylic acids is 2. The van der Waals surface area contributed by atoms with E-state index in [1.165, 1.54) is 6.08 Å². The third-order valence-electron chi connectivity index (χ3n) is 5.37. The maximum absolute atomic E-state index is 12.5. The van der Waals surface area contributed by atoms with E-state index in [-0.39, 0.29) is 5.97 Å². The number of benzene rings is 3. The lowest BCUT2D eigenvalue weighted by atomic mass is 10.1. The number of esters is 2. The Labute approximate surface area is 212 Å². The molecular formula is C30H32O6. The van der Waals surface area contributed by atoms with Crippen molar-refractivity contribution >= 4 is 11.9 Å². The number of carbonyl (C=O) groups is 2. The first kappa shape index (κ1) is 26.5. The van der Waals surface area contributed by atoms with Crippen LogP contribution >= 0.6 is 0 Å². The third kappa shape index (κ3) is 8.62. The van der Waals surface area contributed by atoms with Gasteiger partial charge >= 0.3 is 11.9 Å². The summed E-state index contributed by atoms with van der Waals surface area (Å²) < 4.78 is 21.7. The fraction of sp³-hybridized carbons (Fsp3) is 0.267. The molecule has 0 radical (unpaired) electrons. The van der Waals surface area contributed by atoms with Crippen molar-refractivity contribution in [1.82, 2.24) is 0 Å². The molecule has 36 heavy (non-hydrogen) atoms. The minimum Gasteiger partial charge on any atom is -0.494 e. The van der Waals surface area contributed by atoms with Gasteiger partial charge in [-0.05, 0) is 92.3 Å². The Morgan fingerprint density at radius 1 is 0.694 bits per heavy atom. The fourth-order valence-corrected chi connectivity index (χ4v) is 3.46. The quantitative estimate of drug-likeness (QED) is 0.110. The van der Waals surface area contributed by atoms with Crippen molar-refractivity contribution in [2.24, 2.45) is 0 Å². The zero-order valence-electron chi connectivity index (χ0n) is 20.6. The third-order valence-corrected chi connectivity index (χ3v) is 5.37. The van der Waals surface area contributed by atoms with Crippen LogP contribution in [0.5, 0.6) is 17.2 Å². The van der Waals surface area contributed by atoms with E-state index in [0.717, 1.165) is 42.6 Å². The number of hydrogen-bond acceptors (Lipinski definition) is 6. The lowest BCUT2D eigenvalue weighted by molar-refractivity contribution is -0.137. The lowest BCUT2D eigenvalue weighted by Crippen LogP contribution is -2.08. The van der Waals surface area contributed by atoms with E-state index in [1.807, 2.05) is 43.3 Å². The fourth-order valence-electron chi connectivity index (χ4n) is 3.46. The van der Waals surface area contributed by atoms with Gasteiger partial charge in [0.25, 0.3) is 0 Å². The highest BCUT2D eigenvalue weighted by molar-refractivity contribution is 5.91. The first-order chi connectivity index (χ1) is 17.6. The molecule has 0 spiro atoms. The molecule has 3 aromatic rings. The van der Waals surface area contributed by atoms with Crippen molar-refractivity contribution in [3.63, 3.8) is 0 Å². The van der Waals surface area contributed by atoms with Crippen LogP contribution in [0.25, 0.3) is 11.1 Å². The molecule has 0 fully saturated rings. The van der Waals surface area contributed by atoms with Crippen LogP contribution in [0.4, 0.5) is 0 Å². The van der Waals surface area contributed by atoms with Gasteiger partial charge in [0.2, 0.25) is 0 Å². The average Bonchev–Trinajstić information content (AvgIpc) is 2.91. The van der Waals surface area contributed by atoms with Gasteiger partial charge in [-0.25, -0.2) is 9.59 Å². The summed E-state index contributed by atoms with van der Waals surface area (Å²) in [6.45, 7) is 6.94. The molecule has 0 saturated carbocycles. The van der Waals surface area contributed by atoms with Gasteiger partial charge in [-0.15, -0.1) is 0 Å². The van der Waals surface area contributed by atoms with E-state index in [2.05, 4.69) is 6.58 Å². The predicted molar refractivity (Wildman–Crippen MR) is 140 cm³/mol. The van der Waals surface area contributed by atoms with Gasteiger partial charge in [0, 0.05) is 6.08 Å². The van der Waals surface area contributed by atoms with Gasteiger partial charge in [0.05, 0.1) is 25.4 Å². The van der Waals surface area contributed by atoms with Gasteiger partial charge < -0.3 is 18.9 Å². The molecule has 0 aliphatic heterocycles. The van der Waals surface area contributed by atoms with Crippen LogP contribution in [0.2, 0.25) is 0 Å². The van der Waals surface area contributed by atoms with Gasteiger partial charge in [0.1, 0.15) is 17.2 Å². The van der Waals surface area contributed by atoms with Gasteiger partial charge in [-0.3, -0.25) is 0 Å². The van der Waals surface area contributed by atoms with Crippen molar-refractivity contribution in [2.75, 3.05) is 19.8 Å². The highest BCUT2D eigenvalue weighted by Crippen LogP contribution is 2.25. The van der Waals surface area contributed by atoms with Crippen LogP contribution in [-0.2, 0) is 9.53 Å². The van der Waals surface area contributed by atoms with E-state index in [1.54, 1.807) is 36.4 Å². The molecule has 0 N–H and O–H groups in total. The first-order valence-corrected chi connectivity index (χ1v) is 12.2. The monoisotopic (exact) mass is 488 g/mol. The number of ether oxygens (including phenoxy) is 4. The Morgan fingerprint density at radius 2 is 1.22 bits per heavy atom. The molecule has 188 valence electrons. The maximum atomic E-state index is 12.5. The van der Waals surface area contributed by atoms with Gasteiger partial charge in [0.15, 0.2) is 0 Å². The molecule has 6 nitrogen and oxygen atoms in total. The molecule has 0 aliphatic carbocycles. The average molecular weight is 489 g/mol. The van der Waals surface area contributed by atoms with Crippen LogP contribution in [-0.4, -0.2) is 31.8 Å². The molecule has 0 heterocycles. The molecule has 3 rings (SSSR count). The molecule has 0 aromatic heterocycles. The number of rotatable bonds is 14. The van der Waals surface area contributed by atoms with Crippen LogP contribution in [0.15, 0.2) is 85.5 Å². The van der Waals surface area contributed by atoms with Crippen molar-refractivity contribution < 1.29 is 28.5 Å². The second-order valence-electron chi connectivity index (χ2n) is 8.03. The summed E-state index contributed by atoms with van der Waals surface area (Å²) in [5.41, 5.74) is 2.53. The minimum atomic E-state index is -0.424. The standard InChI is InChI=1S/C30H32O6/c1-3-29(31)35-22-8-6-5-7-21-34-27-17-13-25(14-18-27)30(32)36-28-19-11-24(12-20-28)23-9-15-26(16-10-23)33-4-2/h3,9-20H,1,4-8,21-22H2,2H3. The Balaban J connectivity index is 1.39. The van der Waals surface area contributed by atoms with Crippen LogP contribution in [0.1, 0.15) is 43.0 Å². The Bertz CT molecular complexity index is 1100.